The van der Waals surface area contributed by atoms with Gasteiger partial charge in [-0.25, -0.2) is 4.79 Å². The Morgan fingerprint density at radius 3 is 2.44 bits per heavy atom. The van der Waals surface area contributed by atoms with Crippen LogP contribution in [0.2, 0.25) is 0 Å². The number of carboxylic acid groups (broad SMARTS) is 1. The molecule has 0 aliphatic carbocycles. The van der Waals surface area contributed by atoms with Crippen LogP contribution in [0.1, 0.15) is 33.6 Å². The van der Waals surface area contributed by atoms with E-state index < -0.39 is 23.6 Å². The molecule has 1 saturated heterocycles. The molecule has 0 spiro atoms. The van der Waals surface area contributed by atoms with Crippen LogP contribution in [-0.2, 0) is 14.3 Å². The zero-order valence-electron chi connectivity index (χ0n) is 10.9. The maximum absolute atomic E-state index is 11.8. The number of ketones is 1. The molecule has 1 unspecified atom stereocenters. The van der Waals surface area contributed by atoms with Crippen LogP contribution in [0, 0.1) is 5.92 Å². The van der Waals surface area contributed by atoms with E-state index >= 15 is 0 Å². The first-order valence-electron chi connectivity index (χ1n) is 5.94. The summed E-state index contributed by atoms with van der Waals surface area (Å²) >= 11 is 0. The van der Waals surface area contributed by atoms with Gasteiger partial charge in [0.2, 0.25) is 0 Å². The van der Waals surface area contributed by atoms with Gasteiger partial charge < -0.3 is 14.7 Å². The van der Waals surface area contributed by atoms with Crippen LogP contribution in [0.25, 0.3) is 0 Å². The molecule has 1 heterocycles. The third-order valence-corrected chi connectivity index (χ3v) is 2.67. The highest BCUT2D eigenvalue weighted by atomic mass is 16.6. The van der Waals surface area contributed by atoms with E-state index in [1.54, 1.807) is 20.8 Å². The average Bonchev–Trinajstić information content (AvgIpc) is 2.37. The van der Waals surface area contributed by atoms with E-state index in [0.717, 1.165) is 4.90 Å². The SMILES string of the molecule is CC(C)(C)OC(=O)C1CCN(C(=O)O)CCC1=O. The van der Waals surface area contributed by atoms with Crippen LogP contribution in [0.3, 0.4) is 0 Å². The number of rotatable bonds is 1. The number of carbonyl (C=O) groups excluding carboxylic acids is 2. The molecule has 1 fully saturated rings. The van der Waals surface area contributed by atoms with Crippen LogP contribution < -0.4 is 0 Å². The largest absolute Gasteiger partial charge is 0.465 e. The first-order chi connectivity index (χ1) is 8.20. The van der Waals surface area contributed by atoms with Crippen molar-refractivity contribution >= 4 is 17.8 Å². The summed E-state index contributed by atoms with van der Waals surface area (Å²) in [5, 5.41) is 8.86. The Morgan fingerprint density at radius 1 is 1.33 bits per heavy atom. The van der Waals surface area contributed by atoms with E-state index in [9.17, 15) is 14.4 Å². The molecular formula is C12H19NO5. The monoisotopic (exact) mass is 257 g/mol. The normalized spacial score (nSPS) is 21.4. The Kier molecular flexibility index (Phi) is 4.32. The molecule has 0 saturated carbocycles. The second-order valence-corrected chi connectivity index (χ2v) is 5.36. The lowest BCUT2D eigenvalue weighted by Gasteiger charge is -2.22. The molecule has 0 bridgehead atoms. The Bertz CT molecular complexity index is 358. The number of hydrogen-bond acceptors (Lipinski definition) is 4. The van der Waals surface area contributed by atoms with Gasteiger partial charge in [0.15, 0.2) is 0 Å². The lowest BCUT2D eigenvalue weighted by molar-refractivity contribution is -0.162. The second-order valence-electron chi connectivity index (χ2n) is 5.36. The fraction of sp³-hybridized carbons (Fsp3) is 0.750. The van der Waals surface area contributed by atoms with Crippen molar-refractivity contribution in [2.75, 3.05) is 13.1 Å². The van der Waals surface area contributed by atoms with Crippen molar-refractivity contribution in [2.24, 2.45) is 5.92 Å². The summed E-state index contributed by atoms with van der Waals surface area (Å²) in [4.78, 5) is 35.6. The number of amides is 1. The molecule has 1 rings (SSSR count). The number of likely N-dealkylation sites (tertiary alicyclic amines) is 1. The number of esters is 1. The Labute approximate surface area is 106 Å². The minimum absolute atomic E-state index is 0.0657. The first-order valence-corrected chi connectivity index (χ1v) is 5.94. The molecule has 0 aromatic heterocycles. The summed E-state index contributed by atoms with van der Waals surface area (Å²) in [5.74, 6) is -1.64. The van der Waals surface area contributed by atoms with Crippen molar-refractivity contribution in [3.05, 3.63) is 0 Å². The molecule has 1 atom stereocenters. The van der Waals surface area contributed by atoms with Crippen LogP contribution in [0.15, 0.2) is 0 Å². The molecular weight excluding hydrogens is 238 g/mol. The Morgan fingerprint density at radius 2 is 1.94 bits per heavy atom. The molecule has 0 radical (unpaired) electrons. The molecule has 18 heavy (non-hydrogen) atoms. The van der Waals surface area contributed by atoms with Crippen LogP contribution in [0.4, 0.5) is 4.79 Å². The van der Waals surface area contributed by atoms with Gasteiger partial charge in [-0.1, -0.05) is 0 Å². The smallest absolute Gasteiger partial charge is 0.407 e. The third kappa shape index (κ3) is 4.01. The zero-order valence-corrected chi connectivity index (χ0v) is 10.9. The molecule has 6 nitrogen and oxygen atoms in total. The minimum atomic E-state index is -1.06. The van der Waals surface area contributed by atoms with E-state index in [1.165, 1.54) is 0 Å². The number of hydrogen-bond donors (Lipinski definition) is 1. The maximum Gasteiger partial charge on any atom is 0.407 e. The maximum atomic E-state index is 11.8. The molecule has 1 N–H and O–H groups in total. The van der Waals surface area contributed by atoms with E-state index in [1.807, 2.05) is 0 Å². The van der Waals surface area contributed by atoms with Gasteiger partial charge in [0, 0.05) is 19.5 Å². The highest BCUT2D eigenvalue weighted by Gasteiger charge is 2.34. The van der Waals surface area contributed by atoms with Crippen LogP contribution >= 0.6 is 0 Å². The summed E-state index contributed by atoms with van der Waals surface area (Å²) in [5.41, 5.74) is -0.643. The molecule has 1 aliphatic heterocycles. The fourth-order valence-electron chi connectivity index (χ4n) is 1.79. The van der Waals surface area contributed by atoms with Crippen molar-refractivity contribution in [1.29, 1.82) is 0 Å². The van der Waals surface area contributed by atoms with E-state index in [-0.39, 0.29) is 31.7 Å². The first kappa shape index (κ1) is 14.5. The van der Waals surface area contributed by atoms with Crippen molar-refractivity contribution in [2.45, 2.75) is 39.2 Å². The fourth-order valence-corrected chi connectivity index (χ4v) is 1.79. The summed E-state index contributed by atoms with van der Waals surface area (Å²) < 4.78 is 5.17. The number of carbonyl (C=O) groups is 3. The summed E-state index contributed by atoms with van der Waals surface area (Å²) in [6, 6.07) is 0. The highest BCUT2D eigenvalue weighted by molar-refractivity contribution is 5.99. The van der Waals surface area contributed by atoms with E-state index in [2.05, 4.69) is 0 Å². The standard InChI is InChI=1S/C12H19NO5/c1-12(2,3)18-10(15)8-4-6-13(11(16)17)7-5-9(8)14/h8H,4-7H2,1-3H3,(H,16,17). The van der Waals surface area contributed by atoms with Crippen LogP contribution in [-0.4, -0.2) is 46.5 Å². The number of Topliss-reactive ketones (excluding diaryl/α,β-unsaturated/α-hetero) is 1. The topological polar surface area (TPSA) is 83.9 Å². The molecule has 1 amide bonds. The quantitative estimate of drug-likeness (QED) is 0.565. The van der Waals surface area contributed by atoms with Gasteiger partial charge in [-0.15, -0.1) is 0 Å². The van der Waals surface area contributed by atoms with Gasteiger partial charge in [-0.2, -0.15) is 0 Å². The Hall–Kier alpha value is -1.59. The lowest BCUT2D eigenvalue weighted by Crippen LogP contribution is -2.33. The van der Waals surface area contributed by atoms with Gasteiger partial charge in [-0.05, 0) is 27.2 Å². The predicted molar refractivity (Wildman–Crippen MR) is 63.2 cm³/mol. The molecule has 6 heteroatoms. The lowest BCUT2D eigenvalue weighted by atomic mass is 9.99. The summed E-state index contributed by atoms with van der Waals surface area (Å²) in [6.45, 7) is 5.53. The van der Waals surface area contributed by atoms with E-state index in [4.69, 9.17) is 9.84 Å². The molecule has 0 aromatic carbocycles. The highest BCUT2D eigenvalue weighted by Crippen LogP contribution is 2.19. The van der Waals surface area contributed by atoms with Gasteiger partial charge in [0.25, 0.3) is 0 Å². The van der Waals surface area contributed by atoms with Crippen molar-refractivity contribution in [1.82, 2.24) is 4.90 Å². The van der Waals surface area contributed by atoms with Crippen molar-refractivity contribution in [3.63, 3.8) is 0 Å². The number of nitrogens with zero attached hydrogens (tertiary/aromatic N) is 1. The van der Waals surface area contributed by atoms with Gasteiger partial charge in [0.05, 0.1) is 0 Å². The predicted octanol–water partition coefficient (Wildman–Crippen LogP) is 1.29. The second kappa shape index (κ2) is 5.37. The Balaban J connectivity index is 2.69. The van der Waals surface area contributed by atoms with E-state index in [0.29, 0.717) is 0 Å². The minimum Gasteiger partial charge on any atom is -0.465 e. The third-order valence-electron chi connectivity index (χ3n) is 2.67. The van der Waals surface area contributed by atoms with Gasteiger partial charge >= 0.3 is 12.1 Å². The molecule has 102 valence electrons. The molecule has 0 aromatic rings. The molecule has 1 aliphatic rings. The number of ether oxygens (including phenoxy) is 1. The van der Waals surface area contributed by atoms with Crippen molar-refractivity contribution in [3.8, 4) is 0 Å². The summed E-state index contributed by atoms with van der Waals surface area (Å²) in [7, 11) is 0. The van der Waals surface area contributed by atoms with Gasteiger partial charge in [0.1, 0.15) is 17.3 Å². The van der Waals surface area contributed by atoms with Crippen molar-refractivity contribution < 1.29 is 24.2 Å². The van der Waals surface area contributed by atoms with Crippen LogP contribution in [0.5, 0.6) is 0 Å². The zero-order chi connectivity index (χ0) is 13.9. The van der Waals surface area contributed by atoms with Gasteiger partial charge in [-0.3, -0.25) is 9.59 Å². The average molecular weight is 257 g/mol. The summed E-state index contributed by atoms with van der Waals surface area (Å²) in [6.07, 6.45) is -0.802.